The predicted molar refractivity (Wildman–Crippen MR) is 98.9 cm³/mol. The topological polar surface area (TPSA) is 92.3 Å². The fourth-order valence-electron chi connectivity index (χ4n) is 1.94. The van der Waals surface area contributed by atoms with E-state index in [-0.39, 0.29) is 5.57 Å². The molecular weight excluding hydrogens is 352 g/mol. The molecule has 1 aromatic heterocycles. The number of carbonyl (C=O) groups is 2. The summed E-state index contributed by atoms with van der Waals surface area (Å²) in [5.41, 5.74) is 0.997. The molecule has 0 radical (unpaired) electrons. The molecule has 0 saturated heterocycles. The Hall–Kier alpha value is -2.98. The molecular formula is C19H18N2O4S. The zero-order chi connectivity index (χ0) is 18.6. The van der Waals surface area contributed by atoms with Crippen molar-refractivity contribution in [2.75, 3.05) is 18.9 Å². The van der Waals surface area contributed by atoms with Gasteiger partial charge in [-0.3, -0.25) is 4.79 Å². The predicted octanol–water partition coefficient (Wildman–Crippen LogP) is 2.78. The average molecular weight is 370 g/mol. The van der Waals surface area contributed by atoms with Gasteiger partial charge in [0.2, 0.25) is 0 Å². The molecule has 0 aliphatic heterocycles. The molecule has 0 bridgehead atoms. The molecule has 26 heavy (non-hydrogen) atoms. The molecule has 1 heterocycles. The number of amides is 1. The van der Waals surface area contributed by atoms with E-state index in [1.807, 2.05) is 30.3 Å². The van der Waals surface area contributed by atoms with Crippen LogP contribution in [0.15, 0.2) is 58.7 Å². The van der Waals surface area contributed by atoms with Crippen LogP contribution in [-0.4, -0.2) is 30.8 Å². The first kappa shape index (κ1) is 19.3. The molecule has 1 amide bonds. The van der Waals surface area contributed by atoms with E-state index in [2.05, 4.69) is 5.32 Å². The average Bonchev–Trinajstić information content (AvgIpc) is 3.18. The summed E-state index contributed by atoms with van der Waals surface area (Å²) in [5.74, 6) is 0.704. The van der Waals surface area contributed by atoms with Crippen molar-refractivity contribution in [3.8, 4) is 6.07 Å². The summed E-state index contributed by atoms with van der Waals surface area (Å²) < 4.78 is 9.87. The van der Waals surface area contributed by atoms with Gasteiger partial charge in [-0.25, -0.2) is 4.79 Å². The van der Waals surface area contributed by atoms with Crippen LogP contribution < -0.4 is 5.32 Å². The molecule has 2 rings (SSSR count). The van der Waals surface area contributed by atoms with Gasteiger partial charge in [-0.05, 0) is 17.7 Å². The summed E-state index contributed by atoms with van der Waals surface area (Å²) in [7, 11) is 0. The van der Waals surface area contributed by atoms with Crippen molar-refractivity contribution in [1.82, 2.24) is 5.32 Å². The van der Waals surface area contributed by atoms with Crippen molar-refractivity contribution in [3.63, 3.8) is 0 Å². The Labute approximate surface area is 155 Å². The summed E-state index contributed by atoms with van der Waals surface area (Å²) in [4.78, 5) is 23.5. The van der Waals surface area contributed by atoms with Gasteiger partial charge in [0.25, 0.3) is 5.91 Å². The van der Waals surface area contributed by atoms with E-state index < -0.39 is 18.5 Å². The van der Waals surface area contributed by atoms with E-state index in [1.165, 1.54) is 17.9 Å². The maximum Gasteiger partial charge on any atom is 0.349 e. The van der Waals surface area contributed by atoms with Crippen molar-refractivity contribution < 1.29 is 18.7 Å². The van der Waals surface area contributed by atoms with Crippen LogP contribution in [-0.2, 0) is 20.1 Å². The molecule has 0 saturated carbocycles. The minimum absolute atomic E-state index is 0.230. The highest BCUT2D eigenvalue weighted by atomic mass is 32.2. The Bertz CT molecular complexity index is 780. The van der Waals surface area contributed by atoms with Gasteiger partial charge >= 0.3 is 5.97 Å². The van der Waals surface area contributed by atoms with Crippen LogP contribution in [0.5, 0.6) is 0 Å². The quantitative estimate of drug-likeness (QED) is 0.316. The van der Waals surface area contributed by atoms with Crippen LogP contribution in [0.25, 0.3) is 6.08 Å². The number of nitrogens with one attached hydrogen (secondary N) is 1. The Morgan fingerprint density at radius 2 is 2.04 bits per heavy atom. The van der Waals surface area contributed by atoms with E-state index >= 15 is 0 Å². The zero-order valence-corrected chi connectivity index (χ0v) is 14.8. The Balaban J connectivity index is 1.63. The molecule has 1 N–H and O–H groups in total. The molecule has 0 spiro atoms. The van der Waals surface area contributed by atoms with Crippen molar-refractivity contribution >= 4 is 29.7 Å². The lowest BCUT2D eigenvalue weighted by atomic mass is 10.2. The number of benzene rings is 1. The normalized spacial score (nSPS) is 10.8. The van der Waals surface area contributed by atoms with Gasteiger partial charge in [-0.2, -0.15) is 17.0 Å². The highest BCUT2D eigenvalue weighted by Crippen LogP contribution is 2.10. The summed E-state index contributed by atoms with van der Waals surface area (Å²) in [5, 5.41) is 11.7. The number of nitriles is 1. The van der Waals surface area contributed by atoms with E-state index in [0.29, 0.717) is 12.3 Å². The summed E-state index contributed by atoms with van der Waals surface area (Å²) in [6.07, 6.45) is 2.69. The van der Waals surface area contributed by atoms with Gasteiger partial charge in [0, 0.05) is 24.1 Å². The molecule has 0 aliphatic carbocycles. The van der Waals surface area contributed by atoms with Gasteiger partial charge in [0.05, 0.1) is 6.26 Å². The van der Waals surface area contributed by atoms with Gasteiger partial charge in [0.15, 0.2) is 6.61 Å². The largest absolute Gasteiger partial charge is 0.465 e. The Morgan fingerprint density at radius 1 is 1.23 bits per heavy atom. The van der Waals surface area contributed by atoms with Gasteiger partial charge in [0.1, 0.15) is 17.4 Å². The van der Waals surface area contributed by atoms with Crippen LogP contribution in [0.3, 0.4) is 0 Å². The molecule has 0 atom stereocenters. The van der Waals surface area contributed by atoms with E-state index in [0.717, 1.165) is 11.5 Å². The third-order valence-electron chi connectivity index (χ3n) is 3.18. The first-order chi connectivity index (χ1) is 12.7. The van der Waals surface area contributed by atoms with Gasteiger partial charge in [-0.15, -0.1) is 0 Å². The number of thioether (sulfide) groups is 1. The highest BCUT2D eigenvalue weighted by Gasteiger charge is 2.13. The van der Waals surface area contributed by atoms with Crippen molar-refractivity contribution in [2.24, 2.45) is 0 Å². The van der Waals surface area contributed by atoms with Crippen molar-refractivity contribution in [2.45, 2.75) is 5.75 Å². The molecule has 7 heteroatoms. The lowest BCUT2D eigenvalue weighted by Crippen LogP contribution is -2.30. The smallest absolute Gasteiger partial charge is 0.349 e. The van der Waals surface area contributed by atoms with Gasteiger partial charge < -0.3 is 14.5 Å². The van der Waals surface area contributed by atoms with E-state index in [1.54, 1.807) is 30.0 Å². The minimum Gasteiger partial charge on any atom is -0.465 e. The number of nitrogens with zero attached hydrogens (tertiary/aromatic N) is 1. The minimum atomic E-state index is -0.863. The SMILES string of the molecule is N#C/C(=C\c1ccco1)C(=O)OCC(=O)NCCSCc1ccccc1. The van der Waals surface area contributed by atoms with E-state index in [9.17, 15) is 9.59 Å². The molecule has 2 aromatic rings. The number of hydrogen-bond acceptors (Lipinski definition) is 6. The molecule has 0 fully saturated rings. The molecule has 1 aromatic carbocycles. The van der Waals surface area contributed by atoms with E-state index in [4.69, 9.17) is 14.4 Å². The van der Waals surface area contributed by atoms with Crippen LogP contribution in [0.2, 0.25) is 0 Å². The standard InChI is InChI=1S/C19H18N2O4S/c20-12-16(11-17-7-4-9-24-17)19(23)25-13-18(22)21-8-10-26-14-15-5-2-1-3-6-15/h1-7,9,11H,8,10,13-14H2,(H,21,22)/b16-11+. The fourth-order valence-corrected chi connectivity index (χ4v) is 2.76. The Morgan fingerprint density at radius 3 is 2.73 bits per heavy atom. The van der Waals surface area contributed by atoms with Crippen LogP contribution in [0.4, 0.5) is 0 Å². The first-order valence-corrected chi connectivity index (χ1v) is 9.05. The number of esters is 1. The summed E-state index contributed by atoms with van der Waals surface area (Å²) >= 11 is 1.70. The number of ether oxygens (including phenoxy) is 1. The van der Waals surface area contributed by atoms with Crippen molar-refractivity contribution in [3.05, 3.63) is 65.6 Å². The summed E-state index contributed by atoms with van der Waals surface area (Å²) in [6, 6.07) is 15.0. The van der Waals surface area contributed by atoms with Crippen molar-refractivity contribution in [1.29, 1.82) is 5.26 Å². The maximum absolute atomic E-state index is 11.8. The number of hydrogen-bond donors (Lipinski definition) is 1. The highest BCUT2D eigenvalue weighted by molar-refractivity contribution is 7.98. The molecule has 134 valence electrons. The van der Waals surface area contributed by atoms with Gasteiger partial charge in [-0.1, -0.05) is 30.3 Å². The maximum atomic E-state index is 11.8. The molecule has 0 unspecified atom stereocenters. The van der Waals surface area contributed by atoms with Crippen LogP contribution in [0.1, 0.15) is 11.3 Å². The lowest BCUT2D eigenvalue weighted by Gasteiger charge is -2.06. The second-order valence-electron chi connectivity index (χ2n) is 5.15. The molecule has 6 nitrogen and oxygen atoms in total. The number of furan rings is 1. The molecule has 0 aliphatic rings. The fraction of sp³-hybridized carbons (Fsp3) is 0.211. The summed E-state index contributed by atoms with van der Waals surface area (Å²) in [6.45, 7) is 0.0422. The third-order valence-corrected chi connectivity index (χ3v) is 4.21. The number of carbonyl (C=O) groups excluding carboxylic acids is 2. The van der Waals surface area contributed by atoms with Crippen LogP contribution in [0, 0.1) is 11.3 Å². The first-order valence-electron chi connectivity index (χ1n) is 7.90. The number of rotatable bonds is 9. The lowest BCUT2D eigenvalue weighted by molar-refractivity contribution is -0.144. The third kappa shape index (κ3) is 6.87. The Kier molecular flexibility index (Phi) is 8.03. The second kappa shape index (κ2) is 10.8. The van der Waals surface area contributed by atoms with Crippen LogP contribution >= 0.6 is 11.8 Å². The monoisotopic (exact) mass is 370 g/mol. The zero-order valence-electron chi connectivity index (χ0n) is 14.0. The second-order valence-corrected chi connectivity index (χ2v) is 6.25.